The number of nitrogens with zero attached hydrogens (tertiary/aromatic N) is 3. The Labute approximate surface area is 127 Å². The molecule has 0 spiro atoms. The standard InChI is InChI=1S/C15H29N5O/c1-2-3-4-5-6-7-8-9-10-17-15(21)13-20-12-14(11-16)18-19-20/h12H,2-11,13,16H2,1H3,(H,17,21). The molecule has 0 aromatic carbocycles. The van der Waals surface area contributed by atoms with E-state index >= 15 is 0 Å². The normalized spacial score (nSPS) is 10.8. The smallest absolute Gasteiger partial charge is 0.241 e. The van der Waals surface area contributed by atoms with Crippen LogP contribution in [0.5, 0.6) is 0 Å². The number of amides is 1. The SMILES string of the molecule is CCCCCCCCCCNC(=O)Cn1cc(CN)nn1. The van der Waals surface area contributed by atoms with Crippen LogP contribution in [-0.4, -0.2) is 27.4 Å². The van der Waals surface area contributed by atoms with Crippen LogP contribution >= 0.6 is 0 Å². The molecule has 0 aliphatic rings. The molecule has 0 bridgehead atoms. The number of carbonyl (C=O) groups is 1. The second kappa shape index (κ2) is 11.3. The largest absolute Gasteiger partial charge is 0.354 e. The quantitative estimate of drug-likeness (QED) is 0.577. The van der Waals surface area contributed by atoms with Gasteiger partial charge in [0.05, 0.1) is 11.9 Å². The fourth-order valence-electron chi connectivity index (χ4n) is 2.20. The zero-order valence-electron chi connectivity index (χ0n) is 13.2. The summed E-state index contributed by atoms with van der Waals surface area (Å²) < 4.78 is 1.52. The van der Waals surface area contributed by atoms with Gasteiger partial charge >= 0.3 is 0 Å². The van der Waals surface area contributed by atoms with Gasteiger partial charge in [-0.3, -0.25) is 4.79 Å². The molecule has 1 aromatic heterocycles. The molecule has 0 atom stereocenters. The van der Waals surface area contributed by atoms with E-state index < -0.39 is 0 Å². The molecule has 21 heavy (non-hydrogen) atoms. The van der Waals surface area contributed by atoms with Crippen LogP contribution in [0.1, 0.15) is 64.0 Å². The van der Waals surface area contributed by atoms with Gasteiger partial charge in [-0.05, 0) is 6.42 Å². The van der Waals surface area contributed by atoms with E-state index in [0.29, 0.717) is 12.2 Å². The first-order chi connectivity index (χ1) is 10.3. The van der Waals surface area contributed by atoms with Crippen molar-refractivity contribution in [3.05, 3.63) is 11.9 Å². The minimum atomic E-state index is -0.0218. The van der Waals surface area contributed by atoms with Crippen LogP contribution in [0.25, 0.3) is 0 Å². The number of nitrogens with two attached hydrogens (primary N) is 1. The number of rotatable bonds is 12. The number of hydrogen-bond acceptors (Lipinski definition) is 4. The van der Waals surface area contributed by atoms with Crippen molar-refractivity contribution in [1.82, 2.24) is 20.3 Å². The average molecular weight is 295 g/mol. The summed E-state index contributed by atoms with van der Waals surface area (Å²) in [5.74, 6) is -0.0218. The molecule has 0 saturated heterocycles. The van der Waals surface area contributed by atoms with E-state index in [4.69, 9.17) is 5.73 Å². The molecule has 120 valence electrons. The van der Waals surface area contributed by atoms with Crippen LogP contribution < -0.4 is 11.1 Å². The molecule has 3 N–H and O–H groups in total. The molecular formula is C15H29N5O. The predicted octanol–water partition coefficient (Wildman–Crippen LogP) is 1.99. The fourth-order valence-corrected chi connectivity index (χ4v) is 2.20. The minimum absolute atomic E-state index is 0.0218. The summed E-state index contributed by atoms with van der Waals surface area (Å²) in [4.78, 5) is 11.7. The van der Waals surface area contributed by atoms with E-state index in [2.05, 4.69) is 22.6 Å². The minimum Gasteiger partial charge on any atom is -0.354 e. The molecular weight excluding hydrogens is 266 g/mol. The first-order valence-electron chi connectivity index (χ1n) is 8.12. The van der Waals surface area contributed by atoms with Gasteiger partial charge in [-0.2, -0.15) is 0 Å². The van der Waals surface area contributed by atoms with E-state index in [9.17, 15) is 4.79 Å². The zero-order chi connectivity index (χ0) is 15.3. The summed E-state index contributed by atoms with van der Waals surface area (Å²) in [6.45, 7) is 3.54. The molecule has 0 fully saturated rings. The highest BCUT2D eigenvalue weighted by molar-refractivity contribution is 5.75. The highest BCUT2D eigenvalue weighted by Gasteiger charge is 2.04. The van der Waals surface area contributed by atoms with E-state index in [0.717, 1.165) is 13.0 Å². The summed E-state index contributed by atoms with van der Waals surface area (Å²) in [5, 5.41) is 10.6. The Hall–Kier alpha value is -1.43. The summed E-state index contributed by atoms with van der Waals surface area (Å²) in [6, 6.07) is 0. The summed E-state index contributed by atoms with van der Waals surface area (Å²) >= 11 is 0. The van der Waals surface area contributed by atoms with Gasteiger partial charge < -0.3 is 11.1 Å². The van der Waals surface area contributed by atoms with Crippen LogP contribution in [0.3, 0.4) is 0 Å². The Bertz CT molecular complexity index is 391. The van der Waals surface area contributed by atoms with Crippen molar-refractivity contribution in [3.63, 3.8) is 0 Å². The number of nitrogens with one attached hydrogen (secondary N) is 1. The number of unbranched alkanes of at least 4 members (excludes halogenated alkanes) is 7. The molecule has 1 rings (SSSR count). The van der Waals surface area contributed by atoms with Gasteiger partial charge in [-0.1, -0.05) is 57.1 Å². The molecule has 0 aliphatic carbocycles. The van der Waals surface area contributed by atoms with Crippen molar-refractivity contribution in [1.29, 1.82) is 0 Å². The lowest BCUT2D eigenvalue weighted by molar-refractivity contribution is -0.121. The molecule has 1 heterocycles. The third-order valence-corrected chi connectivity index (χ3v) is 3.45. The van der Waals surface area contributed by atoms with E-state index in [-0.39, 0.29) is 12.5 Å². The van der Waals surface area contributed by atoms with E-state index in [1.54, 1.807) is 6.20 Å². The van der Waals surface area contributed by atoms with Gasteiger partial charge in [0.25, 0.3) is 0 Å². The Kier molecular flexibility index (Phi) is 9.44. The fraction of sp³-hybridized carbons (Fsp3) is 0.800. The molecule has 1 aromatic rings. The van der Waals surface area contributed by atoms with Crippen molar-refractivity contribution in [2.75, 3.05) is 6.54 Å². The van der Waals surface area contributed by atoms with Crippen LogP contribution in [0.15, 0.2) is 6.20 Å². The van der Waals surface area contributed by atoms with Crippen molar-refractivity contribution >= 4 is 5.91 Å². The summed E-state index contributed by atoms with van der Waals surface area (Å²) in [6.07, 6.45) is 11.9. The predicted molar refractivity (Wildman–Crippen MR) is 83.5 cm³/mol. The van der Waals surface area contributed by atoms with Crippen molar-refractivity contribution in [2.45, 2.75) is 71.4 Å². The molecule has 6 nitrogen and oxygen atoms in total. The average Bonchev–Trinajstić information content (AvgIpc) is 2.93. The lowest BCUT2D eigenvalue weighted by atomic mass is 10.1. The highest BCUT2D eigenvalue weighted by atomic mass is 16.2. The maximum atomic E-state index is 11.7. The Morgan fingerprint density at radius 3 is 2.48 bits per heavy atom. The van der Waals surface area contributed by atoms with Crippen LogP contribution in [0, 0.1) is 0 Å². The van der Waals surface area contributed by atoms with Gasteiger partial charge in [0.15, 0.2) is 0 Å². The van der Waals surface area contributed by atoms with Gasteiger partial charge in [-0.15, -0.1) is 5.10 Å². The maximum absolute atomic E-state index is 11.7. The van der Waals surface area contributed by atoms with Crippen molar-refractivity contribution in [3.8, 4) is 0 Å². The van der Waals surface area contributed by atoms with Crippen LogP contribution in [0.2, 0.25) is 0 Å². The lowest BCUT2D eigenvalue weighted by Crippen LogP contribution is -2.28. The highest BCUT2D eigenvalue weighted by Crippen LogP contribution is 2.07. The molecule has 0 saturated carbocycles. The van der Waals surface area contributed by atoms with Crippen LogP contribution in [-0.2, 0) is 17.9 Å². The van der Waals surface area contributed by atoms with Crippen molar-refractivity contribution < 1.29 is 4.79 Å². The molecule has 0 unspecified atom stereocenters. The van der Waals surface area contributed by atoms with Gasteiger partial charge in [0.2, 0.25) is 5.91 Å². The third kappa shape index (κ3) is 8.45. The number of carbonyl (C=O) groups excluding carboxylic acids is 1. The first kappa shape index (κ1) is 17.6. The van der Waals surface area contributed by atoms with E-state index in [1.807, 2.05) is 0 Å². The summed E-state index contributed by atoms with van der Waals surface area (Å²) in [7, 11) is 0. The second-order valence-electron chi connectivity index (χ2n) is 5.44. The Balaban J connectivity index is 1.96. The van der Waals surface area contributed by atoms with Gasteiger partial charge in [-0.25, -0.2) is 4.68 Å². The van der Waals surface area contributed by atoms with Crippen LogP contribution in [0.4, 0.5) is 0 Å². The summed E-state index contributed by atoms with van der Waals surface area (Å²) in [5.41, 5.74) is 6.14. The zero-order valence-corrected chi connectivity index (χ0v) is 13.2. The third-order valence-electron chi connectivity index (χ3n) is 3.45. The molecule has 1 amide bonds. The topological polar surface area (TPSA) is 85.8 Å². The number of aromatic nitrogens is 3. The van der Waals surface area contributed by atoms with Gasteiger partial charge in [0, 0.05) is 13.1 Å². The first-order valence-corrected chi connectivity index (χ1v) is 8.12. The Morgan fingerprint density at radius 1 is 1.19 bits per heavy atom. The Morgan fingerprint density at radius 2 is 1.86 bits per heavy atom. The maximum Gasteiger partial charge on any atom is 0.241 e. The molecule has 6 heteroatoms. The van der Waals surface area contributed by atoms with E-state index in [1.165, 1.54) is 49.6 Å². The molecule has 0 aliphatic heterocycles. The van der Waals surface area contributed by atoms with Crippen molar-refractivity contribution in [2.24, 2.45) is 5.73 Å². The second-order valence-corrected chi connectivity index (χ2v) is 5.44. The lowest BCUT2D eigenvalue weighted by Gasteiger charge is -2.05. The molecule has 0 radical (unpaired) electrons. The van der Waals surface area contributed by atoms with Gasteiger partial charge in [0.1, 0.15) is 6.54 Å². The monoisotopic (exact) mass is 295 g/mol. The number of hydrogen-bond donors (Lipinski definition) is 2.